The van der Waals surface area contributed by atoms with Gasteiger partial charge in [-0.1, -0.05) is 25.1 Å². The largest absolute Gasteiger partial charge is 0.454 e. The van der Waals surface area contributed by atoms with E-state index in [4.69, 9.17) is 14.0 Å². The Morgan fingerprint density at radius 3 is 3.00 bits per heavy atom. The van der Waals surface area contributed by atoms with Gasteiger partial charge in [-0.15, -0.1) is 0 Å². The first-order valence-electron chi connectivity index (χ1n) is 8.18. The first-order chi connectivity index (χ1) is 11.6. The Morgan fingerprint density at radius 1 is 1.33 bits per heavy atom. The highest BCUT2D eigenvalue weighted by molar-refractivity contribution is 5.98. The van der Waals surface area contributed by atoms with E-state index in [0.717, 1.165) is 12.8 Å². The molecule has 1 saturated heterocycles. The van der Waals surface area contributed by atoms with Crippen molar-refractivity contribution in [3.63, 3.8) is 0 Å². The van der Waals surface area contributed by atoms with Gasteiger partial charge < -0.3 is 18.9 Å². The van der Waals surface area contributed by atoms with E-state index in [1.165, 1.54) is 0 Å². The van der Waals surface area contributed by atoms with Crippen LogP contribution in [0.4, 0.5) is 0 Å². The molecule has 0 bridgehead atoms. The zero-order chi connectivity index (χ0) is 16.7. The fourth-order valence-electron chi connectivity index (χ4n) is 3.15. The van der Waals surface area contributed by atoms with Gasteiger partial charge in [0.2, 0.25) is 12.7 Å². The number of hydrogen-bond acceptors (Lipinski definition) is 6. The van der Waals surface area contributed by atoms with Crippen LogP contribution < -0.4 is 9.47 Å². The molecule has 24 heavy (non-hydrogen) atoms. The topological polar surface area (TPSA) is 77.7 Å². The molecule has 2 aliphatic heterocycles. The minimum atomic E-state index is -0.160. The van der Waals surface area contributed by atoms with Crippen molar-refractivity contribution in [3.8, 4) is 11.5 Å². The monoisotopic (exact) mass is 329 g/mol. The van der Waals surface area contributed by atoms with Gasteiger partial charge >= 0.3 is 0 Å². The third-order valence-corrected chi connectivity index (χ3v) is 4.39. The van der Waals surface area contributed by atoms with Crippen LogP contribution in [0.25, 0.3) is 0 Å². The highest BCUT2D eigenvalue weighted by atomic mass is 16.7. The molecular formula is C17H19N3O4. The lowest BCUT2D eigenvalue weighted by Gasteiger charge is -2.22. The van der Waals surface area contributed by atoms with Gasteiger partial charge in [-0.05, 0) is 25.0 Å². The third-order valence-electron chi connectivity index (χ3n) is 4.39. The van der Waals surface area contributed by atoms with Crippen molar-refractivity contribution in [2.24, 2.45) is 0 Å². The molecule has 1 amide bonds. The number of fused-ring (bicyclic) bond motifs is 1. The average Bonchev–Trinajstić information content (AvgIpc) is 3.31. The van der Waals surface area contributed by atoms with Crippen LogP contribution in [0.3, 0.4) is 0 Å². The fourth-order valence-corrected chi connectivity index (χ4v) is 3.15. The zero-order valence-corrected chi connectivity index (χ0v) is 13.7. The minimum absolute atomic E-state index is 0.0873. The van der Waals surface area contributed by atoms with Gasteiger partial charge in [-0.25, -0.2) is 0 Å². The summed E-state index contributed by atoms with van der Waals surface area (Å²) in [5.74, 6) is 2.38. The number of carbonyl (C=O) groups excluding carboxylic acids is 1. The lowest BCUT2D eigenvalue weighted by Crippen LogP contribution is -2.31. The zero-order valence-electron chi connectivity index (χ0n) is 13.7. The number of amides is 1. The molecule has 4 rings (SSSR count). The average molecular weight is 329 g/mol. The molecule has 1 aromatic heterocycles. The second kappa shape index (κ2) is 5.81. The molecule has 0 saturated carbocycles. The number of para-hydroxylation sites is 1. The molecule has 0 radical (unpaired) electrons. The van der Waals surface area contributed by atoms with E-state index in [1.807, 2.05) is 13.8 Å². The summed E-state index contributed by atoms with van der Waals surface area (Å²) in [6, 6.07) is 5.21. The number of rotatable bonds is 3. The van der Waals surface area contributed by atoms with Gasteiger partial charge in [0.05, 0.1) is 11.6 Å². The van der Waals surface area contributed by atoms with Crippen molar-refractivity contribution >= 4 is 5.91 Å². The molecule has 0 aliphatic carbocycles. The summed E-state index contributed by atoms with van der Waals surface area (Å²) >= 11 is 0. The van der Waals surface area contributed by atoms with Crippen LogP contribution in [0.5, 0.6) is 11.5 Å². The lowest BCUT2D eigenvalue weighted by molar-refractivity contribution is 0.0723. The molecule has 126 valence electrons. The van der Waals surface area contributed by atoms with Gasteiger partial charge in [-0.3, -0.25) is 4.79 Å². The molecule has 1 unspecified atom stereocenters. The summed E-state index contributed by atoms with van der Waals surface area (Å²) in [4.78, 5) is 19.3. The van der Waals surface area contributed by atoms with E-state index in [9.17, 15) is 4.79 Å². The molecule has 1 fully saturated rings. The SMILES string of the molecule is CC(C)c1nc(C2CCCN2C(=O)c2cccc3c2OCO3)no1. The first-order valence-corrected chi connectivity index (χ1v) is 8.18. The molecule has 3 heterocycles. The number of ether oxygens (including phenoxy) is 2. The Hall–Kier alpha value is -2.57. The normalized spacial score (nSPS) is 19.3. The maximum absolute atomic E-state index is 13.0. The van der Waals surface area contributed by atoms with Gasteiger partial charge in [0, 0.05) is 12.5 Å². The molecule has 7 heteroatoms. The van der Waals surface area contributed by atoms with Crippen molar-refractivity contribution in [1.29, 1.82) is 0 Å². The standard InChI is InChI=1S/C17H19N3O4/c1-10(2)16-18-15(19-24-16)12-6-4-8-20(12)17(21)11-5-3-7-13-14(11)23-9-22-13/h3,5,7,10,12H,4,6,8-9H2,1-2H3. The van der Waals surface area contributed by atoms with Gasteiger partial charge in [0.25, 0.3) is 5.91 Å². The van der Waals surface area contributed by atoms with E-state index in [0.29, 0.717) is 35.3 Å². The van der Waals surface area contributed by atoms with Gasteiger partial charge in [-0.2, -0.15) is 4.98 Å². The lowest BCUT2D eigenvalue weighted by atomic mass is 10.1. The van der Waals surface area contributed by atoms with Gasteiger partial charge in [0.1, 0.15) is 0 Å². The minimum Gasteiger partial charge on any atom is -0.454 e. The van der Waals surface area contributed by atoms with Crippen LogP contribution in [0, 0.1) is 0 Å². The van der Waals surface area contributed by atoms with Crippen LogP contribution in [0.15, 0.2) is 22.7 Å². The number of likely N-dealkylation sites (tertiary alicyclic amines) is 1. The van der Waals surface area contributed by atoms with E-state index < -0.39 is 0 Å². The molecule has 2 aliphatic rings. The van der Waals surface area contributed by atoms with Crippen molar-refractivity contribution in [2.75, 3.05) is 13.3 Å². The predicted molar refractivity (Wildman–Crippen MR) is 84.0 cm³/mol. The fraction of sp³-hybridized carbons (Fsp3) is 0.471. The maximum atomic E-state index is 13.0. The Labute approximate surface area is 139 Å². The van der Waals surface area contributed by atoms with Crippen LogP contribution in [0.2, 0.25) is 0 Å². The van der Waals surface area contributed by atoms with E-state index in [2.05, 4.69) is 10.1 Å². The van der Waals surface area contributed by atoms with Crippen molar-refractivity contribution in [3.05, 3.63) is 35.5 Å². The molecule has 2 aromatic rings. The third kappa shape index (κ3) is 2.40. The molecular weight excluding hydrogens is 310 g/mol. The number of hydrogen-bond donors (Lipinski definition) is 0. The molecule has 0 spiro atoms. The van der Waals surface area contributed by atoms with Crippen LogP contribution >= 0.6 is 0 Å². The Morgan fingerprint density at radius 2 is 2.21 bits per heavy atom. The first kappa shape index (κ1) is 15.0. The summed E-state index contributed by atoms with van der Waals surface area (Å²) < 4.78 is 16.1. The molecule has 1 aromatic carbocycles. The number of carbonyl (C=O) groups is 1. The molecule has 0 N–H and O–H groups in total. The molecule has 1 atom stereocenters. The maximum Gasteiger partial charge on any atom is 0.258 e. The predicted octanol–water partition coefficient (Wildman–Crippen LogP) is 2.90. The van der Waals surface area contributed by atoms with Gasteiger partial charge in [0.15, 0.2) is 17.3 Å². The Bertz CT molecular complexity index is 771. The molecule has 7 nitrogen and oxygen atoms in total. The summed E-state index contributed by atoms with van der Waals surface area (Å²) in [5, 5.41) is 4.08. The van der Waals surface area contributed by atoms with Crippen LogP contribution in [-0.2, 0) is 0 Å². The highest BCUT2D eigenvalue weighted by Gasteiger charge is 2.36. The Kier molecular flexibility index (Phi) is 3.63. The van der Waals surface area contributed by atoms with Crippen LogP contribution in [-0.4, -0.2) is 34.3 Å². The quantitative estimate of drug-likeness (QED) is 0.861. The summed E-state index contributed by atoms with van der Waals surface area (Å²) in [7, 11) is 0. The summed E-state index contributed by atoms with van der Waals surface area (Å²) in [5.41, 5.74) is 0.518. The van der Waals surface area contributed by atoms with E-state index >= 15 is 0 Å². The summed E-state index contributed by atoms with van der Waals surface area (Å²) in [6.07, 6.45) is 1.74. The second-order valence-corrected chi connectivity index (χ2v) is 6.34. The van der Waals surface area contributed by atoms with Crippen molar-refractivity contribution in [1.82, 2.24) is 15.0 Å². The van der Waals surface area contributed by atoms with E-state index in [-0.39, 0.29) is 24.7 Å². The smallest absolute Gasteiger partial charge is 0.258 e. The van der Waals surface area contributed by atoms with Crippen molar-refractivity contribution < 1.29 is 18.8 Å². The van der Waals surface area contributed by atoms with Crippen LogP contribution in [0.1, 0.15) is 60.7 Å². The van der Waals surface area contributed by atoms with Crippen molar-refractivity contribution in [2.45, 2.75) is 38.6 Å². The Balaban J connectivity index is 1.63. The number of aromatic nitrogens is 2. The number of nitrogens with zero attached hydrogens (tertiary/aromatic N) is 3. The summed E-state index contributed by atoms with van der Waals surface area (Å²) in [6.45, 7) is 4.81. The van der Waals surface area contributed by atoms with E-state index in [1.54, 1.807) is 23.1 Å². The highest BCUT2D eigenvalue weighted by Crippen LogP contribution is 2.39. The number of benzene rings is 1. The second-order valence-electron chi connectivity index (χ2n) is 6.34.